The van der Waals surface area contributed by atoms with Crippen molar-refractivity contribution in [3.8, 4) is 0 Å². The number of hydrogen-bond donors (Lipinski definition) is 2. The zero-order valence-electron chi connectivity index (χ0n) is 8.42. The summed E-state index contributed by atoms with van der Waals surface area (Å²) in [5, 5.41) is 4.02. The molecular formula is C11H12ClN3. The number of aromatic amines is 1. The normalized spacial score (nSPS) is 10.3. The largest absolute Gasteiger partial charge is 0.379 e. The van der Waals surface area contributed by atoms with E-state index >= 15 is 0 Å². The fraction of sp³-hybridized carbons (Fsp3) is 0.182. The molecule has 0 bridgehead atoms. The third kappa shape index (κ3) is 2.73. The molecule has 78 valence electrons. The van der Waals surface area contributed by atoms with Gasteiger partial charge in [0.25, 0.3) is 0 Å². The van der Waals surface area contributed by atoms with Crippen molar-refractivity contribution < 1.29 is 0 Å². The fourth-order valence-corrected chi connectivity index (χ4v) is 1.45. The van der Waals surface area contributed by atoms with E-state index in [2.05, 4.69) is 15.3 Å². The molecule has 4 heteroatoms. The minimum Gasteiger partial charge on any atom is -0.379 e. The number of nitrogens with one attached hydrogen (secondary N) is 2. The van der Waals surface area contributed by atoms with Crippen LogP contribution >= 0.6 is 11.6 Å². The lowest BCUT2D eigenvalue weighted by molar-refractivity contribution is 1.05. The summed E-state index contributed by atoms with van der Waals surface area (Å²) in [6, 6.07) is 7.63. The van der Waals surface area contributed by atoms with Crippen LogP contribution in [0.2, 0.25) is 5.02 Å². The van der Waals surface area contributed by atoms with Gasteiger partial charge in [-0.1, -0.05) is 11.6 Å². The van der Waals surface area contributed by atoms with Crippen LogP contribution in [0, 0.1) is 6.92 Å². The first-order chi connectivity index (χ1) is 7.24. The molecule has 0 saturated carbocycles. The first-order valence-corrected chi connectivity index (χ1v) is 5.12. The molecule has 0 amide bonds. The quantitative estimate of drug-likeness (QED) is 0.837. The van der Waals surface area contributed by atoms with Crippen LogP contribution in [0.3, 0.4) is 0 Å². The van der Waals surface area contributed by atoms with E-state index in [4.69, 9.17) is 11.6 Å². The number of nitrogens with zero attached hydrogens (tertiary/aromatic N) is 1. The number of aromatic nitrogens is 2. The molecule has 1 heterocycles. The van der Waals surface area contributed by atoms with Gasteiger partial charge in [0.2, 0.25) is 0 Å². The van der Waals surface area contributed by atoms with Crippen LogP contribution in [0.15, 0.2) is 30.5 Å². The topological polar surface area (TPSA) is 40.7 Å². The zero-order valence-corrected chi connectivity index (χ0v) is 9.17. The summed E-state index contributed by atoms with van der Waals surface area (Å²) in [6.45, 7) is 2.67. The van der Waals surface area contributed by atoms with Gasteiger partial charge >= 0.3 is 0 Å². The Kier molecular flexibility index (Phi) is 2.92. The maximum absolute atomic E-state index is 5.79. The standard InChI is InChI=1S/C11H12ClN3/c1-8-13-6-11(15-8)7-14-10-4-2-9(12)3-5-10/h2-6,14H,7H2,1H3,(H,13,15). The Morgan fingerprint density at radius 2 is 2.07 bits per heavy atom. The molecular weight excluding hydrogens is 210 g/mol. The summed E-state index contributed by atoms with van der Waals surface area (Å²) in [5.74, 6) is 0.933. The predicted octanol–water partition coefficient (Wildman–Crippen LogP) is 2.98. The highest BCUT2D eigenvalue weighted by Crippen LogP contribution is 2.13. The van der Waals surface area contributed by atoms with Gasteiger partial charge in [0, 0.05) is 10.7 Å². The van der Waals surface area contributed by atoms with E-state index < -0.39 is 0 Å². The van der Waals surface area contributed by atoms with Crippen molar-refractivity contribution in [3.05, 3.63) is 47.0 Å². The number of benzene rings is 1. The van der Waals surface area contributed by atoms with Crippen molar-refractivity contribution >= 4 is 17.3 Å². The van der Waals surface area contributed by atoms with Crippen LogP contribution in [-0.4, -0.2) is 9.97 Å². The van der Waals surface area contributed by atoms with E-state index in [0.29, 0.717) is 0 Å². The van der Waals surface area contributed by atoms with Gasteiger partial charge in [0.05, 0.1) is 18.4 Å². The Balaban J connectivity index is 1.96. The predicted molar refractivity (Wildman–Crippen MR) is 62.1 cm³/mol. The first-order valence-electron chi connectivity index (χ1n) is 4.74. The highest BCUT2D eigenvalue weighted by molar-refractivity contribution is 6.30. The van der Waals surface area contributed by atoms with Crippen molar-refractivity contribution in [1.82, 2.24) is 9.97 Å². The SMILES string of the molecule is Cc1ncc(CNc2ccc(Cl)cc2)[nH]1. The minimum absolute atomic E-state index is 0.739. The van der Waals surface area contributed by atoms with E-state index in [9.17, 15) is 0 Å². The second-order valence-electron chi connectivity index (χ2n) is 3.35. The third-order valence-electron chi connectivity index (χ3n) is 2.08. The van der Waals surface area contributed by atoms with Crippen molar-refractivity contribution in [2.24, 2.45) is 0 Å². The molecule has 0 unspecified atom stereocenters. The molecule has 2 rings (SSSR count). The number of rotatable bonds is 3. The zero-order chi connectivity index (χ0) is 10.7. The molecule has 2 aromatic rings. The molecule has 0 radical (unpaired) electrons. The van der Waals surface area contributed by atoms with Crippen LogP contribution in [0.4, 0.5) is 5.69 Å². The smallest absolute Gasteiger partial charge is 0.103 e. The second-order valence-corrected chi connectivity index (χ2v) is 3.79. The van der Waals surface area contributed by atoms with Gasteiger partial charge in [-0.3, -0.25) is 0 Å². The number of anilines is 1. The van der Waals surface area contributed by atoms with Gasteiger partial charge in [-0.25, -0.2) is 4.98 Å². The Bertz CT molecular complexity index is 433. The minimum atomic E-state index is 0.739. The van der Waals surface area contributed by atoms with E-state index in [1.165, 1.54) is 0 Å². The Morgan fingerprint density at radius 1 is 1.33 bits per heavy atom. The van der Waals surface area contributed by atoms with Crippen molar-refractivity contribution in [1.29, 1.82) is 0 Å². The number of aryl methyl sites for hydroxylation is 1. The lowest BCUT2D eigenvalue weighted by Crippen LogP contribution is -1.99. The summed E-state index contributed by atoms with van der Waals surface area (Å²) in [7, 11) is 0. The van der Waals surface area contributed by atoms with Gasteiger partial charge < -0.3 is 10.3 Å². The molecule has 0 aliphatic rings. The molecule has 1 aromatic carbocycles. The lowest BCUT2D eigenvalue weighted by atomic mass is 10.3. The second kappa shape index (κ2) is 4.36. The van der Waals surface area contributed by atoms with Crippen LogP contribution < -0.4 is 5.32 Å². The summed E-state index contributed by atoms with van der Waals surface area (Å²) in [6.07, 6.45) is 1.83. The van der Waals surface area contributed by atoms with Gasteiger partial charge in [-0.05, 0) is 31.2 Å². The van der Waals surface area contributed by atoms with Crippen LogP contribution in [0.25, 0.3) is 0 Å². The number of halogens is 1. The summed E-state index contributed by atoms with van der Waals surface area (Å²) < 4.78 is 0. The molecule has 0 fully saturated rings. The van der Waals surface area contributed by atoms with E-state index in [0.717, 1.165) is 28.8 Å². The Labute approximate surface area is 93.5 Å². The molecule has 0 saturated heterocycles. The summed E-state index contributed by atoms with van der Waals surface area (Å²) in [4.78, 5) is 7.28. The third-order valence-corrected chi connectivity index (χ3v) is 2.33. The fourth-order valence-electron chi connectivity index (χ4n) is 1.33. The van der Waals surface area contributed by atoms with E-state index in [-0.39, 0.29) is 0 Å². The van der Waals surface area contributed by atoms with Crippen LogP contribution in [-0.2, 0) is 6.54 Å². The molecule has 15 heavy (non-hydrogen) atoms. The lowest BCUT2D eigenvalue weighted by Gasteiger charge is -2.04. The Hall–Kier alpha value is -1.48. The first kappa shape index (κ1) is 10.1. The summed E-state index contributed by atoms with van der Waals surface area (Å²) in [5.41, 5.74) is 2.12. The van der Waals surface area contributed by atoms with Crippen LogP contribution in [0.5, 0.6) is 0 Å². The van der Waals surface area contributed by atoms with Crippen molar-refractivity contribution in [2.45, 2.75) is 13.5 Å². The maximum Gasteiger partial charge on any atom is 0.103 e. The monoisotopic (exact) mass is 221 g/mol. The highest BCUT2D eigenvalue weighted by Gasteiger charge is 1.96. The Morgan fingerprint density at radius 3 is 2.67 bits per heavy atom. The van der Waals surface area contributed by atoms with Gasteiger partial charge in [0.15, 0.2) is 0 Å². The number of H-pyrrole nitrogens is 1. The molecule has 0 spiro atoms. The van der Waals surface area contributed by atoms with Crippen molar-refractivity contribution in [3.63, 3.8) is 0 Å². The van der Waals surface area contributed by atoms with Crippen LogP contribution in [0.1, 0.15) is 11.5 Å². The highest BCUT2D eigenvalue weighted by atomic mass is 35.5. The molecule has 0 aliphatic carbocycles. The molecule has 1 aromatic heterocycles. The number of hydrogen-bond acceptors (Lipinski definition) is 2. The molecule has 3 nitrogen and oxygen atoms in total. The van der Waals surface area contributed by atoms with Gasteiger partial charge in [0.1, 0.15) is 5.82 Å². The average molecular weight is 222 g/mol. The van der Waals surface area contributed by atoms with E-state index in [1.54, 1.807) is 0 Å². The molecule has 0 atom stereocenters. The van der Waals surface area contributed by atoms with E-state index in [1.807, 2.05) is 37.4 Å². The van der Waals surface area contributed by atoms with Gasteiger partial charge in [-0.15, -0.1) is 0 Å². The number of imidazole rings is 1. The molecule has 2 N–H and O–H groups in total. The van der Waals surface area contributed by atoms with Gasteiger partial charge in [-0.2, -0.15) is 0 Å². The van der Waals surface area contributed by atoms with Crippen molar-refractivity contribution in [2.75, 3.05) is 5.32 Å². The summed E-state index contributed by atoms with van der Waals surface area (Å²) >= 11 is 5.79. The molecule has 0 aliphatic heterocycles. The average Bonchev–Trinajstić information content (AvgIpc) is 2.64. The maximum atomic E-state index is 5.79.